The quantitative estimate of drug-likeness (QED) is 0.857. The number of aryl methyl sites for hydroxylation is 1. The smallest absolute Gasteiger partial charge is 0.248 e. The van der Waals surface area contributed by atoms with Crippen LogP contribution in [0.25, 0.3) is 6.08 Å². The van der Waals surface area contributed by atoms with Crippen LogP contribution in [0, 0.1) is 6.92 Å². The first-order chi connectivity index (χ1) is 9.54. The van der Waals surface area contributed by atoms with Crippen molar-refractivity contribution >= 4 is 40.9 Å². The molecule has 0 radical (unpaired) electrons. The number of rotatable bonds is 3. The topological polar surface area (TPSA) is 42.0 Å². The molecular weight excluding hydrogens is 295 g/mol. The van der Waals surface area contributed by atoms with E-state index in [4.69, 9.17) is 23.2 Å². The zero-order chi connectivity index (χ0) is 14.5. The number of aromatic nitrogens is 1. The van der Waals surface area contributed by atoms with Crippen LogP contribution in [0.15, 0.2) is 42.6 Å². The van der Waals surface area contributed by atoms with E-state index in [0.29, 0.717) is 15.7 Å². The predicted octanol–water partition coefficient (Wildman–Crippen LogP) is 4.35. The standard InChI is InChI=1S/C15H12Cl2N2O/c1-10-8-13(6-7-18-10)19-15(20)5-3-11-2-4-12(16)9-14(11)17/h2-9H,1H3,(H,18,19,20)/b5-3+. The van der Waals surface area contributed by atoms with Gasteiger partial charge in [-0.05, 0) is 42.8 Å². The summed E-state index contributed by atoms with van der Waals surface area (Å²) in [4.78, 5) is 15.8. The second-order valence-electron chi connectivity index (χ2n) is 4.17. The van der Waals surface area contributed by atoms with Crippen LogP contribution >= 0.6 is 23.2 Å². The maximum atomic E-state index is 11.8. The molecule has 2 rings (SSSR count). The molecule has 0 aliphatic carbocycles. The molecule has 5 heteroatoms. The first-order valence-corrected chi connectivity index (χ1v) is 6.67. The van der Waals surface area contributed by atoms with Gasteiger partial charge in [-0.3, -0.25) is 9.78 Å². The van der Waals surface area contributed by atoms with Crippen molar-refractivity contribution < 1.29 is 4.79 Å². The highest BCUT2D eigenvalue weighted by atomic mass is 35.5. The molecule has 1 aromatic heterocycles. The number of pyridine rings is 1. The summed E-state index contributed by atoms with van der Waals surface area (Å²) in [5.41, 5.74) is 2.28. The van der Waals surface area contributed by atoms with E-state index < -0.39 is 0 Å². The number of nitrogens with zero attached hydrogens (tertiary/aromatic N) is 1. The number of hydrogen-bond acceptors (Lipinski definition) is 2. The van der Waals surface area contributed by atoms with Gasteiger partial charge in [-0.25, -0.2) is 0 Å². The van der Waals surface area contributed by atoms with Gasteiger partial charge in [0.05, 0.1) is 0 Å². The number of benzene rings is 1. The van der Waals surface area contributed by atoms with E-state index in [0.717, 1.165) is 11.3 Å². The highest BCUT2D eigenvalue weighted by molar-refractivity contribution is 6.35. The number of anilines is 1. The summed E-state index contributed by atoms with van der Waals surface area (Å²) in [7, 11) is 0. The average Bonchev–Trinajstić information content (AvgIpc) is 2.37. The number of amides is 1. The fourth-order valence-electron chi connectivity index (χ4n) is 1.61. The van der Waals surface area contributed by atoms with Gasteiger partial charge in [0.1, 0.15) is 0 Å². The summed E-state index contributed by atoms with van der Waals surface area (Å²) in [6.45, 7) is 1.86. The molecule has 0 atom stereocenters. The SMILES string of the molecule is Cc1cc(NC(=O)/C=C/c2ccc(Cl)cc2Cl)ccn1. The van der Waals surface area contributed by atoms with Gasteiger partial charge >= 0.3 is 0 Å². The Bertz CT molecular complexity index is 669. The van der Waals surface area contributed by atoms with Crippen LogP contribution in [-0.2, 0) is 4.79 Å². The number of carbonyl (C=O) groups is 1. The predicted molar refractivity (Wildman–Crippen MR) is 83.1 cm³/mol. The molecule has 0 aliphatic heterocycles. The second-order valence-corrected chi connectivity index (χ2v) is 5.02. The Balaban J connectivity index is 2.06. The minimum atomic E-state index is -0.235. The van der Waals surface area contributed by atoms with E-state index in [1.54, 1.807) is 42.6 Å². The minimum absolute atomic E-state index is 0.235. The maximum Gasteiger partial charge on any atom is 0.248 e. The molecule has 102 valence electrons. The molecule has 0 spiro atoms. The van der Waals surface area contributed by atoms with Crippen molar-refractivity contribution in [2.75, 3.05) is 5.32 Å². The summed E-state index contributed by atoms with van der Waals surface area (Å²) >= 11 is 11.8. The van der Waals surface area contributed by atoms with E-state index in [1.165, 1.54) is 6.08 Å². The zero-order valence-corrected chi connectivity index (χ0v) is 12.2. The lowest BCUT2D eigenvalue weighted by molar-refractivity contribution is -0.111. The average molecular weight is 307 g/mol. The van der Waals surface area contributed by atoms with Crippen LogP contribution in [0.4, 0.5) is 5.69 Å². The fraction of sp³-hybridized carbons (Fsp3) is 0.0667. The Morgan fingerprint density at radius 3 is 2.75 bits per heavy atom. The third kappa shape index (κ3) is 4.08. The van der Waals surface area contributed by atoms with E-state index in [-0.39, 0.29) is 5.91 Å². The largest absolute Gasteiger partial charge is 0.322 e. The third-order valence-corrected chi connectivity index (χ3v) is 3.10. The molecule has 0 unspecified atom stereocenters. The van der Waals surface area contributed by atoms with Crippen LogP contribution in [0.5, 0.6) is 0 Å². The van der Waals surface area contributed by atoms with Gasteiger partial charge in [0, 0.05) is 33.7 Å². The van der Waals surface area contributed by atoms with E-state index in [1.807, 2.05) is 6.92 Å². The summed E-state index contributed by atoms with van der Waals surface area (Å²) in [5.74, 6) is -0.235. The van der Waals surface area contributed by atoms with Gasteiger partial charge in [-0.15, -0.1) is 0 Å². The molecule has 1 aromatic carbocycles. The Labute approximate surface area is 127 Å². The summed E-state index contributed by atoms with van der Waals surface area (Å²) < 4.78 is 0. The Kier molecular flexibility index (Phi) is 4.77. The van der Waals surface area contributed by atoms with Gasteiger partial charge in [0.2, 0.25) is 5.91 Å². The monoisotopic (exact) mass is 306 g/mol. The van der Waals surface area contributed by atoms with Gasteiger partial charge in [-0.2, -0.15) is 0 Å². The highest BCUT2D eigenvalue weighted by Gasteiger charge is 2.01. The molecule has 0 saturated carbocycles. The Hall–Kier alpha value is -1.84. The summed E-state index contributed by atoms with van der Waals surface area (Å²) in [5, 5.41) is 3.81. The lowest BCUT2D eigenvalue weighted by atomic mass is 10.2. The van der Waals surface area contributed by atoms with Crippen molar-refractivity contribution in [1.29, 1.82) is 0 Å². The maximum absolute atomic E-state index is 11.8. The zero-order valence-electron chi connectivity index (χ0n) is 10.7. The van der Waals surface area contributed by atoms with Gasteiger partial charge in [0.15, 0.2) is 0 Å². The molecule has 0 fully saturated rings. The minimum Gasteiger partial charge on any atom is -0.322 e. The van der Waals surface area contributed by atoms with Crippen molar-refractivity contribution in [3.8, 4) is 0 Å². The van der Waals surface area contributed by atoms with Gasteiger partial charge < -0.3 is 5.32 Å². The number of hydrogen-bond donors (Lipinski definition) is 1. The van der Waals surface area contributed by atoms with Gasteiger partial charge in [0.25, 0.3) is 0 Å². The molecule has 0 aliphatic rings. The number of nitrogens with one attached hydrogen (secondary N) is 1. The summed E-state index contributed by atoms with van der Waals surface area (Å²) in [6, 6.07) is 8.63. The second kappa shape index (κ2) is 6.55. The molecule has 0 bridgehead atoms. The van der Waals surface area contributed by atoms with Crippen molar-refractivity contribution in [2.45, 2.75) is 6.92 Å². The van der Waals surface area contributed by atoms with Crippen LogP contribution in [0.1, 0.15) is 11.3 Å². The lowest BCUT2D eigenvalue weighted by Crippen LogP contribution is -2.07. The summed E-state index contributed by atoms with van der Waals surface area (Å²) in [6.07, 6.45) is 4.71. The van der Waals surface area contributed by atoms with E-state index in [9.17, 15) is 4.79 Å². The van der Waals surface area contributed by atoms with Crippen molar-refractivity contribution in [2.24, 2.45) is 0 Å². The van der Waals surface area contributed by atoms with Crippen LogP contribution in [0.2, 0.25) is 10.0 Å². The number of halogens is 2. The molecule has 1 N–H and O–H groups in total. The highest BCUT2D eigenvalue weighted by Crippen LogP contribution is 2.22. The van der Waals surface area contributed by atoms with Crippen molar-refractivity contribution in [3.63, 3.8) is 0 Å². The number of carbonyl (C=O) groups excluding carboxylic acids is 1. The molecule has 0 saturated heterocycles. The molecule has 3 nitrogen and oxygen atoms in total. The van der Waals surface area contributed by atoms with E-state index in [2.05, 4.69) is 10.3 Å². The normalized spacial score (nSPS) is 10.8. The van der Waals surface area contributed by atoms with E-state index >= 15 is 0 Å². The van der Waals surface area contributed by atoms with Crippen LogP contribution in [0.3, 0.4) is 0 Å². The fourth-order valence-corrected chi connectivity index (χ4v) is 2.08. The first kappa shape index (κ1) is 14.6. The molecule has 1 heterocycles. The van der Waals surface area contributed by atoms with Crippen LogP contribution < -0.4 is 5.32 Å². The Morgan fingerprint density at radius 1 is 1.25 bits per heavy atom. The Morgan fingerprint density at radius 2 is 2.05 bits per heavy atom. The first-order valence-electron chi connectivity index (χ1n) is 5.91. The van der Waals surface area contributed by atoms with Gasteiger partial charge in [-0.1, -0.05) is 29.3 Å². The third-order valence-electron chi connectivity index (χ3n) is 2.54. The lowest BCUT2D eigenvalue weighted by Gasteiger charge is -2.02. The molecule has 2 aromatic rings. The van der Waals surface area contributed by atoms with Crippen LogP contribution in [-0.4, -0.2) is 10.9 Å². The van der Waals surface area contributed by atoms with Crippen molar-refractivity contribution in [1.82, 2.24) is 4.98 Å². The molecule has 20 heavy (non-hydrogen) atoms. The molecular formula is C15H12Cl2N2O. The van der Waals surface area contributed by atoms with Crippen molar-refractivity contribution in [3.05, 3.63) is 63.9 Å². The molecule has 1 amide bonds.